The summed E-state index contributed by atoms with van der Waals surface area (Å²) < 4.78 is 30.9. The molecule has 0 aliphatic carbocycles. The first kappa shape index (κ1) is 17.8. The second kappa shape index (κ2) is 7.83. The Morgan fingerprint density at radius 3 is 2.50 bits per heavy atom. The Bertz CT molecular complexity index is 791. The highest BCUT2D eigenvalue weighted by Gasteiger charge is 2.18. The molecule has 0 bridgehead atoms. The number of benzene rings is 2. The van der Waals surface area contributed by atoms with E-state index >= 15 is 0 Å². The minimum absolute atomic E-state index is 0.0234. The fourth-order valence-corrected chi connectivity index (χ4v) is 3.17. The molecule has 128 valence electrons. The lowest BCUT2D eigenvalue weighted by Gasteiger charge is -2.19. The van der Waals surface area contributed by atoms with Gasteiger partial charge >= 0.3 is 0 Å². The average molecular weight is 348 g/mol. The number of hydrogen-bond acceptors (Lipinski definition) is 4. The van der Waals surface area contributed by atoms with Crippen LogP contribution in [0.4, 0.5) is 5.69 Å². The molecule has 0 aliphatic heterocycles. The molecule has 24 heavy (non-hydrogen) atoms. The summed E-state index contributed by atoms with van der Waals surface area (Å²) in [5.41, 5.74) is 1.000. The number of amides is 1. The van der Waals surface area contributed by atoms with Gasteiger partial charge in [0, 0.05) is 19.2 Å². The van der Waals surface area contributed by atoms with Gasteiger partial charge in [-0.1, -0.05) is 24.3 Å². The highest BCUT2D eigenvalue weighted by Crippen LogP contribution is 2.15. The van der Waals surface area contributed by atoms with E-state index in [1.54, 1.807) is 48.5 Å². The van der Waals surface area contributed by atoms with E-state index < -0.39 is 10.0 Å². The van der Waals surface area contributed by atoms with Gasteiger partial charge in [0.05, 0.1) is 18.6 Å². The number of hydrogen-bond donors (Lipinski definition) is 1. The second-order valence-electron chi connectivity index (χ2n) is 5.11. The molecule has 2 aromatic carbocycles. The lowest BCUT2D eigenvalue weighted by Crippen LogP contribution is -2.35. The molecule has 1 amide bonds. The number of nitrogens with one attached hydrogen (secondary N) is 1. The van der Waals surface area contributed by atoms with Crippen molar-refractivity contribution in [3.8, 4) is 5.75 Å². The first-order valence-electron chi connectivity index (χ1n) is 7.38. The molecule has 7 heteroatoms. The maximum absolute atomic E-state index is 12.3. The summed E-state index contributed by atoms with van der Waals surface area (Å²) in [5.74, 6) is 0.0410. The maximum atomic E-state index is 12.3. The molecule has 0 unspecified atom stereocenters. The monoisotopic (exact) mass is 348 g/mol. The number of sulfonamides is 1. The summed E-state index contributed by atoms with van der Waals surface area (Å²) in [6, 6.07) is 15.5. The van der Waals surface area contributed by atoms with Gasteiger partial charge in [0.25, 0.3) is 5.91 Å². The zero-order valence-corrected chi connectivity index (χ0v) is 14.4. The van der Waals surface area contributed by atoms with Crippen molar-refractivity contribution in [1.82, 2.24) is 5.32 Å². The average Bonchev–Trinajstić information content (AvgIpc) is 2.61. The Balaban J connectivity index is 1.94. The van der Waals surface area contributed by atoms with Gasteiger partial charge in [0.1, 0.15) is 5.75 Å². The van der Waals surface area contributed by atoms with Crippen molar-refractivity contribution in [2.24, 2.45) is 0 Å². The lowest BCUT2D eigenvalue weighted by molar-refractivity contribution is 0.0956. The number of ether oxygens (including phenoxy) is 1. The molecule has 6 nitrogen and oxygen atoms in total. The lowest BCUT2D eigenvalue weighted by atomic mass is 10.2. The van der Waals surface area contributed by atoms with Crippen molar-refractivity contribution in [2.75, 3.05) is 30.8 Å². The summed E-state index contributed by atoms with van der Waals surface area (Å²) in [5, 5.41) is 2.61. The molecule has 0 saturated heterocycles. The van der Waals surface area contributed by atoms with E-state index in [0.717, 1.165) is 0 Å². The van der Waals surface area contributed by atoms with Crippen molar-refractivity contribution in [2.45, 2.75) is 0 Å². The van der Waals surface area contributed by atoms with Gasteiger partial charge in [0.15, 0.2) is 0 Å². The molecule has 0 radical (unpaired) electrons. The second-order valence-corrected chi connectivity index (χ2v) is 7.23. The minimum Gasteiger partial charge on any atom is -0.497 e. The van der Waals surface area contributed by atoms with Crippen molar-refractivity contribution < 1.29 is 17.9 Å². The highest BCUT2D eigenvalue weighted by molar-refractivity contribution is 7.92. The third-order valence-electron chi connectivity index (χ3n) is 3.51. The van der Waals surface area contributed by atoms with Crippen molar-refractivity contribution in [1.29, 1.82) is 0 Å². The van der Waals surface area contributed by atoms with Crippen LogP contribution in [0, 0.1) is 0 Å². The van der Waals surface area contributed by atoms with E-state index in [1.807, 2.05) is 6.07 Å². The molecule has 0 atom stereocenters. The van der Waals surface area contributed by atoms with Crippen LogP contribution in [-0.4, -0.2) is 40.8 Å². The Hall–Kier alpha value is -2.54. The maximum Gasteiger partial charge on any atom is 0.251 e. The third-order valence-corrected chi connectivity index (χ3v) is 5.28. The van der Waals surface area contributed by atoms with Gasteiger partial charge in [-0.15, -0.1) is 0 Å². The van der Waals surface area contributed by atoms with Gasteiger partial charge in [-0.3, -0.25) is 9.10 Å². The smallest absolute Gasteiger partial charge is 0.251 e. The van der Waals surface area contributed by atoms with Crippen LogP contribution in [0.2, 0.25) is 0 Å². The molecule has 2 aromatic rings. The van der Waals surface area contributed by atoms with Crippen LogP contribution in [0.15, 0.2) is 54.6 Å². The Labute approximate surface area is 142 Å². The summed E-state index contributed by atoms with van der Waals surface area (Å²) in [6.45, 7) is 0.0234. The largest absolute Gasteiger partial charge is 0.497 e. The van der Waals surface area contributed by atoms with Crippen molar-refractivity contribution >= 4 is 21.6 Å². The summed E-state index contributed by atoms with van der Waals surface area (Å²) in [6.07, 6.45) is 0. The number of nitrogens with zero attached hydrogens (tertiary/aromatic N) is 1. The molecule has 0 fully saturated rings. The zero-order valence-electron chi connectivity index (χ0n) is 13.6. The van der Waals surface area contributed by atoms with Crippen LogP contribution in [0.1, 0.15) is 10.4 Å². The topological polar surface area (TPSA) is 75.7 Å². The van der Waals surface area contributed by atoms with Gasteiger partial charge in [0.2, 0.25) is 10.0 Å². The molecule has 2 rings (SSSR count). The van der Waals surface area contributed by atoms with Gasteiger partial charge in [-0.25, -0.2) is 8.42 Å². The van der Waals surface area contributed by atoms with Crippen LogP contribution < -0.4 is 14.4 Å². The highest BCUT2D eigenvalue weighted by atomic mass is 32.2. The number of carbonyl (C=O) groups is 1. The van der Waals surface area contributed by atoms with E-state index in [-0.39, 0.29) is 18.2 Å². The Kier molecular flexibility index (Phi) is 5.81. The molecule has 0 saturated carbocycles. The van der Waals surface area contributed by atoms with Crippen LogP contribution in [0.3, 0.4) is 0 Å². The van der Waals surface area contributed by atoms with E-state index in [9.17, 15) is 13.2 Å². The number of methoxy groups -OCH3 is 1. The number of rotatable bonds is 7. The van der Waals surface area contributed by atoms with Gasteiger partial charge < -0.3 is 10.1 Å². The van der Waals surface area contributed by atoms with E-state index in [2.05, 4.69) is 5.32 Å². The molecule has 0 aliphatic rings. The number of carbonyl (C=O) groups excluding carboxylic acids is 1. The summed E-state index contributed by atoms with van der Waals surface area (Å²) >= 11 is 0. The first-order valence-corrected chi connectivity index (χ1v) is 8.99. The SMILES string of the molecule is COc1cccc(C(=O)NCCS(=O)(=O)N(C)c2ccccc2)c1. The number of anilines is 1. The molecular formula is C17H20N2O4S. The minimum atomic E-state index is -3.51. The molecule has 0 heterocycles. The van der Waals surface area contributed by atoms with Crippen LogP contribution in [-0.2, 0) is 10.0 Å². The van der Waals surface area contributed by atoms with Crippen LogP contribution in [0.25, 0.3) is 0 Å². The fourth-order valence-electron chi connectivity index (χ4n) is 2.10. The first-order chi connectivity index (χ1) is 11.4. The van der Waals surface area contributed by atoms with Crippen molar-refractivity contribution in [3.63, 3.8) is 0 Å². The zero-order chi connectivity index (χ0) is 17.6. The molecule has 0 spiro atoms. The van der Waals surface area contributed by atoms with E-state index in [1.165, 1.54) is 18.5 Å². The molecular weight excluding hydrogens is 328 g/mol. The van der Waals surface area contributed by atoms with E-state index in [4.69, 9.17) is 4.74 Å². The fraction of sp³-hybridized carbons (Fsp3) is 0.235. The van der Waals surface area contributed by atoms with Crippen LogP contribution in [0.5, 0.6) is 5.75 Å². The van der Waals surface area contributed by atoms with E-state index in [0.29, 0.717) is 17.0 Å². The summed E-state index contributed by atoms with van der Waals surface area (Å²) in [7, 11) is -0.499. The van der Waals surface area contributed by atoms with Gasteiger partial charge in [-0.2, -0.15) is 0 Å². The predicted molar refractivity (Wildman–Crippen MR) is 94.0 cm³/mol. The summed E-state index contributed by atoms with van der Waals surface area (Å²) in [4.78, 5) is 12.1. The predicted octanol–water partition coefficient (Wildman–Crippen LogP) is 1.89. The number of para-hydroxylation sites is 1. The Morgan fingerprint density at radius 2 is 1.83 bits per heavy atom. The Morgan fingerprint density at radius 1 is 1.12 bits per heavy atom. The van der Waals surface area contributed by atoms with Crippen LogP contribution >= 0.6 is 0 Å². The standard InChI is InChI=1S/C17H20N2O4S/c1-19(15-8-4-3-5-9-15)24(21,22)12-11-18-17(20)14-7-6-10-16(13-14)23-2/h3-10,13H,11-12H2,1-2H3,(H,18,20). The quantitative estimate of drug-likeness (QED) is 0.829. The van der Waals surface area contributed by atoms with Gasteiger partial charge in [-0.05, 0) is 30.3 Å². The normalized spacial score (nSPS) is 10.9. The van der Waals surface area contributed by atoms with Crippen molar-refractivity contribution in [3.05, 3.63) is 60.2 Å². The molecule has 0 aromatic heterocycles. The molecule has 1 N–H and O–H groups in total. The third kappa shape index (κ3) is 4.48.